The van der Waals surface area contributed by atoms with Gasteiger partial charge in [0.25, 0.3) is 0 Å². The fraction of sp³-hybridized carbons (Fsp3) is 1.00. The van der Waals surface area contributed by atoms with Crippen LogP contribution in [0.3, 0.4) is 0 Å². The SMILES string of the molecule is OCCNCCSCCCCCCCCCCSCCNCCO. The van der Waals surface area contributed by atoms with Crippen LogP contribution in [-0.2, 0) is 0 Å². The van der Waals surface area contributed by atoms with Gasteiger partial charge in [-0.25, -0.2) is 0 Å². The molecule has 0 aliphatic carbocycles. The van der Waals surface area contributed by atoms with Crippen molar-refractivity contribution in [1.29, 1.82) is 0 Å². The topological polar surface area (TPSA) is 64.5 Å². The lowest BCUT2D eigenvalue weighted by Crippen LogP contribution is -2.20. The maximum absolute atomic E-state index is 8.64. The van der Waals surface area contributed by atoms with Crippen LogP contribution in [0.4, 0.5) is 0 Å². The van der Waals surface area contributed by atoms with Crippen LogP contribution in [0, 0.1) is 0 Å². The van der Waals surface area contributed by atoms with E-state index in [1.54, 1.807) is 0 Å². The number of rotatable bonds is 21. The summed E-state index contributed by atoms with van der Waals surface area (Å²) in [4.78, 5) is 0. The minimum atomic E-state index is 0.242. The van der Waals surface area contributed by atoms with Gasteiger partial charge >= 0.3 is 0 Å². The zero-order chi connectivity index (χ0) is 17.6. The maximum Gasteiger partial charge on any atom is 0.0555 e. The highest BCUT2D eigenvalue weighted by Crippen LogP contribution is 2.12. The summed E-state index contributed by atoms with van der Waals surface area (Å²) >= 11 is 4.05. The number of hydrogen-bond acceptors (Lipinski definition) is 6. The Hall–Kier alpha value is 0.540. The van der Waals surface area contributed by atoms with Crippen molar-refractivity contribution >= 4 is 23.5 Å². The van der Waals surface area contributed by atoms with Crippen LogP contribution in [0.15, 0.2) is 0 Å². The summed E-state index contributed by atoms with van der Waals surface area (Å²) in [5.74, 6) is 4.89. The molecule has 0 radical (unpaired) electrons. The Bertz CT molecular complexity index is 203. The van der Waals surface area contributed by atoms with Crippen molar-refractivity contribution in [2.75, 3.05) is 62.4 Å². The minimum Gasteiger partial charge on any atom is -0.395 e. The third-order valence-corrected chi connectivity index (χ3v) is 5.89. The molecule has 0 atom stereocenters. The van der Waals surface area contributed by atoms with E-state index >= 15 is 0 Å². The lowest BCUT2D eigenvalue weighted by molar-refractivity contribution is 0.293. The van der Waals surface area contributed by atoms with Gasteiger partial charge in [-0.15, -0.1) is 0 Å². The van der Waals surface area contributed by atoms with Crippen molar-refractivity contribution in [1.82, 2.24) is 10.6 Å². The average Bonchev–Trinajstić information content (AvgIpc) is 2.60. The maximum atomic E-state index is 8.64. The number of aliphatic hydroxyl groups excluding tert-OH is 2. The van der Waals surface area contributed by atoms with Gasteiger partial charge < -0.3 is 20.8 Å². The van der Waals surface area contributed by atoms with E-state index in [1.165, 1.54) is 62.9 Å². The first-order valence-corrected chi connectivity index (χ1v) is 12.0. The van der Waals surface area contributed by atoms with Crippen LogP contribution in [0.1, 0.15) is 51.4 Å². The summed E-state index contributed by atoms with van der Waals surface area (Å²) in [5, 5.41) is 23.7. The normalized spacial score (nSPS) is 11.2. The highest BCUT2D eigenvalue weighted by Gasteiger charge is 1.95. The van der Waals surface area contributed by atoms with E-state index in [9.17, 15) is 0 Å². The van der Waals surface area contributed by atoms with Crippen molar-refractivity contribution in [3.05, 3.63) is 0 Å². The van der Waals surface area contributed by atoms with Crippen LogP contribution in [0.2, 0.25) is 0 Å². The molecular weight excluding hydrogens is 340 g/mol. The quantitative estimate of drug-likeness (QED) is 0.230. The van der Waals surface area contributed by atoms with E-state index in [0.717, 1.165) is 37.7 Å². The van der Waals surface area contributed by atoms with Gasteiger partial charge in [-0.2, -0.15) is 23.5 Å². The molecular formula is C18H40N2O2S2. The average molecular weight is 381 g/mol. The molecule has 6 heteroatoms. The first-order chi connectivity index (χ1) is 11.9. The van der Waals surface area contributed by atoms with E-state index in [4.69, 9.17) is 10.2 Å². The van der Waals surface area contributed by atoms with Gasteiger partial charge in [-0.1, -0.05) is 38.5 Å². The molecule has 4 N–H and O–H groups in total. The van der Waals surface area contributed by atoms with Crippen LogP contribution in [0.5, 0.6) is 0 Å². The second kappa shape index (κ2) is 23.5. The number of unbranched alkanes of at least 4 members (excludes halogenated alkanes) is 7. The van der Waals surface area contributed by atoms with E-state index in [-0.39, 0.29) is 13.2 Å². The molecule has 0 rings (SSSR count). The highest BCUT2D eigenvalue weighted by molar-refractivity contribution is 7.99. The lowest BCUT2D eigenvalue weighted by Gasteiger charge is -2.04. The predicted octanol–water partition coefficient (Wildman–Crippen LogP) is 2.74. The Kier molecular flexibility index (Phi) is 24.1. The third kappa shape index (κ3) is 22.5. The minimum absolute atomic E-state index is 0.242. The molecule has 0 aliphatic rings. The number of aliphatic hydroxyl groups is 2. The number of hydrogen-bond donors (Lipinski definition) is 4. The van der Waals surface area contributed by atoms with Gasteiger partial charge in [-0.05, 0) is 24.3 Å². The largest absolute Gasteiger partial charge is 0.395 e. The summed E-state index contributed by atoms with van der Waals surface area (Å²) in [6.07, 6.45) is 11.1. The van der Waals surface area contributed by atoms with Crippen LogP contribution in [-0.4, -0.2) is 72.6 Å². The summed E-state index contributed by atoms with van der Waals surface area (Å²) in [6.45, 7) is 3.96. The van der Waals surface area contributed by atoms with Crippen LogP contribution < -0.4 is 10.6 Å². The Morgan fingerprint density at radius 2 is 0.833 bits per heavy atom. The Balaban J connectivity index is 2.93. The highest BCUT2D eigenvalue weighted by atomic mass is 32.2. The molecule has 0 aromatic carbocycles. The molecule has 0 saturated carbocycles. The monoisotopic (exact) mass is 380 g/mol. The molecule has 0 amide bonds. The summed E-state index contributed by atoms with van der Waals surface area (Å²) < 4.78 is 0. The van der Waals surface area contributed by atoms with Gasteiger partial charge in [-0.3, -0.25) is 0 Å². The number of nitrogens with one attached hydrogen (secondary N) is 2. The molecule has 0 heterocycles. The summed E-state index contributed by atoms with van der Waals surface area (Å²) in [5.41, 5.74) is 0. The number of thioether (sulfide) groups is 2. The Morgan fingerprint density at radius 1 is 0.458 bits per heavy atom. The Labute approximate surface area is 158 Å². The van der Waals surface area contributed by atoms with E-state index < -0.39 is 0 Å². The molecule has 0 spiro atoms. The molecule has 0 aliphatic heterocycles. The second-order valence-corrected chi connectivity index (χ2v) is 8.45. The summed E-state index contributed by atoms with van der Waals surface area (Å²) in [7, 11) is 0. The summed E-state index contributed by atoms with van der Waals surface area (Å²) in [6, 6.07) is 0. The molecule has 4 nitrogen and oxygen atoms in total. The van der Waals surface area contributed by atoms with Crippen LogP contribution >= 0.6 is 23.5 Å². The first kappa shape index (κ1) is 24.5. The second-order valence-electron chi connectivity index (χ2n) is 6.00. The third-order valence-electron chi connectivity index (χ3n) is 3.75. The van der Waals surface area contributed by atoms with Crippen molar-refractivity contribution in [3.8, 4) is 0 Å². The fourth-order valence-corrected chi connectivity index (χ4v) is 4.17. The molecule has 0 bridgehead atoms. The molecule has 0 fully saturated rings. The van der Waals surface area contributed by atoms with Crippen molar-refractivity contribution in [2.45, 2.75) is 51.4 Å². The molecule has 0 aromatic rings. The van der Waals surface area contributed by atoms with Crippen LogP contribution in [0.25, 0.3) is 0 Å². The van der Waals surface area contributed by atoms with E-state index in [2.05, 4.69) is 10.6 Å². The van der Waals surface area contributed by atoms with Crippen molar-refractivity contribution in [2.24, 2.45) is 0 Å². The van der Waals surface area contributed by atoms with Gasteiger partial charge in [0.05, 0.1) is 13.2 Å². The van der Waals surface area contributed by atoms with Gasteiger partial charge in [0.15, 0.2) is 0 Å². The Morgan fingerprint density at radius 3 is 1.21 bits per heavy atom. The molecule has 24 heavy (non-hydrogen) atoms. The first-order valence-electron chi connectivity index (χ1n) is 9.70. The standard InChI is InChI=1S/C18H40N2O2S2/c21-13-9-19-11-17-23-15-7-5-3-1-2-4-6-8-16-24-18-12-20-10-14-22/h19-22H,1-18H2. The van der Waals surface area contributed by atoms with E-state index in [1.807, 2.05) is 23.5 Å². The zero-order valence-corrected chi connectivity index (χ0v) is 17.1. The van der Waals surface area contributed by atoms with Gasteiger partial charge in [0.2, 0.25) is 0 Å². The zero-order valence-electron chi connectivity index (χ0n) is 15.4. The lowest BCUT2D eigenvalue weighted by atomic mass is 10.1. The van der Waals surface area contributed by atoms with Crippen molar-refractivity contribution in [3.63, 3.8) is 0 Å². The molecule has 0 unspecified atom stereocenters. The molecule has 0 aromatic heterocycles. The smallest absolute Gasteiger partial charge is 0.0555 e. The van der Waals surface area contributed by atoms with Gasteiger partial charge in [0, 0.05) is 37.7 Å². The predicted molar refractivity (Wildman–Crippen MR) is 111 cm³/mol. The molecule has 0 saturated heterocycles. The fourth-order valence-electron chi connectivity index (χ4n) is 2.37. The van der Waals surface area contributed by atoms with Crippen molar-refractivity contribution < 1.29 is 10.2 Å². The van der Waals surface area contributed by atoms with Gasteiger partial charge in [0.1, 0.15) is 0 Å². The molecule has 146 valence electrons. The van der Waals surface area contributed by atoms with E-state index in [0.29, 0.717) is 0 Å².